The van der Waals surface area contributed by atoms with Gasteiger partial charge in [0.1, 0.15) is 10.1 Å². The van der Waals surface area contributed by atoms with Crippen LogP contribution in [0.25, 0.3) is 10.9 Å². The molecule has 0 radical (unpaired) electrons. The lowest BCUT2D eigenvalue weighted by Gasteiger charge is -2.09. The van der Waals surface area contributed by atoms with Gasteiger partial charge in [0.2, 0.25) is 0 Å². The van der Waals surface area contributed by atoms with Crippen molar-refractivity contribution in [1.29, 1.82) is 0 Å². The zero-order chi connectivity index (χ0) is 14.7. The largest absolute Gasteiger partial charge is 0.330 e. The highest BCUT2D eigenvalue weighted by Gasteiger charge is 2.09. The van der Waals surface area contributed by atoms with Gasteiger partial charge in [-0.1, -0.05) is 29.8 Å². The Hall–Kier alpha value is -1.62. The van der Waals surface area contributed by atoms with Gasteiger partial charge >= 0.3 is 0 Å². The maximum Gasteiger partial charge on any atom is 0.106 e. The number of halogens is 1. The predicted octanol–water partition coefficient (Wildman–Crippen LogP) is 3.94. The molecule has 3 nitrogen and oxygen atoms in total. The standard InChI is InChI=1S/C16H14ClN3S/c17-13-5-6-15(19-10-13)21-16-12(7-8-18)9-11-3-1-2-4-14(11)20-16/h1-6,9-10H,7-8,18H2. The number of nitrogens with zero attached hydrogens (tertiary/aromatic N) is 2. The summed E-state index contributed by atoms with van der Waals surface area (Å²) in [7, 11) is 0. The maximum absolute atomic E-state index is 5.87. The van der Waals surface area contributed by atoms with Crippen LogP contribution in [0.3, 0.4) is 0 Å². The monoisotopic (exact) mass is 315 g/mol. The number of pyridine rings is 2. The van der Waals surface area contributed by atoms with E-state index in [2.05, 4.69) is 17.1 Å². The van der Waals surface area contributed by atoms with Crippen LogP contribution in [-0.4, -0.2) is 16.5 Å². The lowest BCUT2D eigenvalue weighted by atomic mass is 10.1. The van der Waals surface area contributed by atoms with Crippen molar-refractivity contribution in [3.63, 3.8) is 0 Å². The van der Waals surface area contributed by atoms with E-state index in [1.165, 1.54) is 0 Å². The van der Waals surface area contributed by atoms with E-state index in [0.29, 0.717) is 11.6 Å². The van der Waals surface area contributed by atoms with E-state index < -0.39 is 0 Å². The molecule has 3 aromatic rings. The fourth-order valence-corrected chi connectivity index (χ4v) is 3.07. The third-order valence-electron chi connectivity index (χ3n) is 3.08. The third-order valence-corrected chi connectivity index (χ3v) is 4.30. The Bertz CT molecular complexity index is 759. The summed E-state index contributed by atoms with van der Waals surface area (Å²) in [4.78, 5) is 9.06. The average Bonchev–Trinajstić information content (AvgIpc) is 2.50. The van der Waals surface area contributed by atoms with Gasteiger partial charge in [0.15, 0.2) is 0 Å². The molecule has 106 valence electrons. The Kier molecular flexibility index (Phi) is 4.39. The highest BCUT2D eigenvalue weighted by Crippen LogP contribution is 2.30. The van der Waals surface area contributed by atoms with Crippen LogP contribution < -0.4 is 5.73 Å². The fourth-order valence-electron chi connectivity index (χ4n) is 2.09. The lowest BCUT2D eigenvalue weighted by molar-refractivity contribution is 0.920. The molecule has 2 N–H and O–H groups in total. The van der Waals surface area contributed by atoms with Crippen molar-refractivity contribution in [3.05, 3.63) is 59.2 Å². The van der Waals surface area contributed by atoms with Gasteiger partial charge in [-0.05, 0) is 54.6 Å². The van der Waals surface area contributed by atoms with Gasteiger partial charge in [-0.2, -0.15) is 0 Å². The smallest absolute Gasteiger partial charge is 0.106 e. The van der Waals surface area contributed by atoms with Crippen LogP contribution in [0.5, 0.6) is 0 Å². The molecule has 0 spiro atoms. The van der Waals surface area contributed by atoms with E-state index in [4.69, 9.17) is 22.3 Å². The molecule has 1 aromatic carbocycles. The first-order chi connectivity index (χ1) is 10.3. The SMILES string of the molecule is NCCc1cc2ccccc2nc1Sc1ccc(Cl)cn1. The number of benzene rings is 1. The van der Waals surface area contributed by atoms with Crippen LogP contribution in [0, 0.1) is 0 Å². The molecule has 0 aliphatic rings. The molecule has 0 aliphatic heterocycles. The van der Waals surface area contributed by atoms with Crippen LogP contribution >= 0.6 is 23.4 Å². The van der Waals surface area contributed by atoms with Crippen molar-refractivity contribution >= 4 is 34.3 Å². The summed E-state index contributed by atoms with van der Waals surface area (Å²) in [5.74, 6) is 0. The summed E-state index contributed by atoms with van der Waals surface area (Å²) in [5.41, 5.74) is 7.85. The van der Waals surface area contributed by atoms with Crippen molar-refractivity contribution in [2.45, 2.75) is 16.5 Å². The van der Waals surface area contributed by atoms with E-state index in [0.717, 1.165) is 32.9 Å². The zero-order valence-electron chi connectivity index (χ0n) is 11.3. The first kappa shape index (κ1) is 14.3. The van der Waals surface area contributed by atoms with Crippen molar-refractivity contribution in [1.82, 2.24) is 9.97 Å². The number of rotatable bonds is 4. The molecule has 2 aromatic heterocycles. The van der Waals surface area contributed by atoms with Crippen LogP contribution in [0.1, 0.15) is 5.56 Å². The second-order valence-electron chi connectivity index (χ2n) is 4.60. The Labute approximate surface area is 132 Å². The Morgan fingerprint density at radius 2 is 2.00 bits per heavy atom. The predicted molar refractivity (Wildman–Crippen MR) is 87.9 cm³/mol. The first-order valence-electron chi connectivity index (χ1n) is 6.64. The molecule has 0 saturated heterocycles. The number of hydrogen-bond acceptors (Lipinski definition) is 4. The molecule has 0 unspecified atom stereocenters. The lowest BCUT2D eigenvalue weighted by Crippen LogP contribution is -2.05. The van der Waals surface area contributed by atoms with Crippen LogP contribution in [0.4, 0.5) is 0 Å². The minimum Gasteiger partial charge on any atom is -0.330 e. The first-order valence-corrected chi connectivity index (χ1v) is 7.84. The summed E-state index contributed by atoms with van der Waals surface area (Å²) in [6, 6.07) is 14.0. The Morgan fingerprint density at radius 1 is 1.14 bits per heavy atom. The van der Waals surface area contributed by atoms with Gasteiger partial charge in [0, 0.05) is 11.6 Å². The van der Waals surface area contributed by atoms with Gasteiger partial charge in [0.05, 0.1) is 10.5 Å². The summed E-state index contributed by atoms with van der Waals surface area (Å²) in [6.07, 6.45) is 2.45. The van der Waals surface area contributed by atoms with Crippen LogP contribution in [0.2, 0.25) is 5.02 Å². The second kappa shape index (κ2) is 6.43. The van der Waals surface area contributed by atoms with Gasteiger partial charge in [-0.15, -0.1) is 0 Å². The number of aromatic nitrogens is 2. The third kappa shape index (κ3) is 3.35. The number of hydrogen-bond donors (Lipinski definition) is 1. The molecule has 0 saturated carbocycles. The minimum absolute atomic E-state index is 0.599. The maximum atomic E-state index is 5.87. The van der Waals surface area contributed by atoms with Crippen molar-refractivity contribution in [2.75, 3.05) is 6.54 Å². The van der Waals surface area contributed by atoms with E-state index in [1.807, 2.05) is 30.3 Å². The second-order valence-corrected chi connectivity index (χ2v) is 6.05. The molecule has 0 amide bonds. The van der Waals surface area contributed by atoms with Crippen molar-refractivity contribution in [2.24, 2.45) is 5.73 Å². The Morgan fingerprint density at radius 3 is 2.76 bits per heavy atom. The molecule has 0 bridgehead atoms. The van der Waals surface area contributed by atoms with E-state index in [9.17, 15) is 0 Å². The highest BCUT2D eigenvalue weighted by molar-refractivity contribution is 7.99. The van der Waals surface area contributed by atoms with Gasteiger partial charge in [0.25, 0.3) is 0 Å². The molecule has 0 atom stereocenters. The minimum atomic E-state index is 0.599. The molecular formula is C16H14ClN3S. The number of fused-ring (bicyclic) bond motifs is 1. The quantitative estimate of drug-likeness (QED) is 0.792. The van der Waals surface area contributed by atoms with Crippen LogP contribution in [0.15, 0.2) is 58.7 Å². The fraction of sp³-hybridized carbons (Fsp3) is 0.125. The van der Waals surface area contributed by atoms with Crippen molar-refractivity contribution < 1.29 is 0 Å². The van der Waals surface area contributed by atoms with E-state index in [-0.39, 0.29) is 0 Å². The normalized spacial score (nSPS) is 11.0. The summed E-state index contributed by atoms with van der Waals surface area (Å²) in [5, 5.41) is 3.59. The number of para-hydroxylation sites is 1. The van der Waals surface area contributed by atoms with Gasteiger partial charge in [-0.25, -0.2) is 9.97 Å². The van der Waals surface area contributed by atoms with Crippen molar-refractivity contribution in [3.8, 4) is 0 Å². The van der Waals surface area contributed by atoms with E-state index >= 15 is 0 Å². The topological polar surface area (TPSA) is 51.8 Å². The average molecular weight is 316 g/mol. The Balaban J connectivity index is 2.02. The molecule has 0 fully saturated rings. The van der Waals surface area contributed by atoms with Crippen LogP contribution in [-0.2, 0) is 6.42 Å². The molecule has 21 heavy (non-hydrogen) atoms. The van der Waals surface area contributed by atoms with Gasteiger partial charge < -0.3 is 5.73 Å². The van der Waals surface area contributed by atoms with Gasteiger partial charge in [-0.3, -0.25) is 0 Å². The molecule has 0 aliphatic carbocycles. The molecule has 5 heteroatoms. The number of nitrogens with two attached hydrogens (primary N) is 1. The zero-order valence-corrected chi connectivity index (χ0v) is 12.9. The molecular weight excluding hydrogens is 302 g/mol. The molecule has 3 rings (SSSR count). The van der Waals surface area contributed by atoms with E-state index in [1.54, 1.807) is 18.0 Å². The summed E-state index contributed by atoms with van der Waals surface area (Å²) >= 11 is 7.41. The summed E-state index contributed by atoms with van der Waals surface area (Å²) in [6.45, 7) is 0.599. The molecule has 2 heterocycles. The highest BCUT2D eigenvalue weighted by atomic mass is 35.5. The summed E-state index contributed by atoms with van der Waals surface area (Å²) < 4.78 is 0.